The highest BCUT2D eigenvalue weighted by Gasteiger charge is 2.34. The number of benzene rings is 1. The van der Waals surface area contributed by atoms with Crippen LogP contribution in [0.5, 0.6) is 5.75 Å². The third-order valence-corrected chi connectivity index (χ3v) is 5.23. The molecule has 0 aliphatic carbocycles. The molecule has 0 fully saturated rings. The predicted octanol–water partition coefficient (Wildman–Crippen LogP) is 2.19. The van der Waals surface area contributed by atoms with Gasteiger partial charge in [0.2, 0.25) is 6.41 Å². The van der Waals surface area contributed by atoms with Crippen molar-refractivity contribution in [3.05, 3.63) is 65.1 Å². The van der Waals surface area contributed by atoms with Crippen LogP contribution in [0.25, 0.3) is 5.65 Å². The fourth-order valence-corrected chi connectivity index (χ4v) is 3.59. The van der Waals surface area contributed by atoms with Crippen molar-refractivity contribution < 1.29 is 32.3 Å². The summed E-state index contributed by atoms with van der Waals surface area (Å²) in [6.07, 6.45) is -2.16. The monoisotopic (exact) mass is 485 g/mol. The number of urea groups is 1. The van der Waals surface area contributed by atoms with E-state index in [1.165, 1.54) is 34.7 Å². The van der Waals surface area contributed by atoms with Gasteiger partial charge in [0.25, 0.3) is 5.91 Å². The Kier molecular flexibility index (Phi) is 6.33. The van der Waals surface area contributed by atoms with Crippen molar-refractivity contribution in [3.8, 4) is 17.6 Å². The van der Waals surface area contributed by atoms with Crippen LogP contribution in [0.3, 0.4) is 0 Å². The summed E-state index contributed by atoms with van der Waals surface area (Å²) in [6, 6.07) is 6.30. The molecule has 0 bridgehead atoms. The second kappa shape index (κ2) is 9.38. The van der Waals surface area contributed by atoms with Crippen LogP contribution in [0.15, 0.2) is 42.7 Å². The smallest absolute Gasteiger partial charge is 0.434 e. The number of rotatable bonds is 5. The fraction of sp³-hybridized carbons (Fsp3) is 0.217. The van der Waals surface area contributed by atoms with Crippen molar-refractivity contribution in [1.29, 1.82) is 0 Å². The number of ether oxygens (including phenoxy) is 1. The number of methoxy groups -OCH3 is 1. The van der Waals surface area contributed by atoms with E-state index in [0.29, 0.717) is 16.9 Å². The minimum Gasteiger partial charge on any atom is -0.497 e. The Morgan fingerprint density at radius 3 is 2.80 bits per heavy atom. The highest BCUT2D eigenvalue weighted by Crippen LogP contribution is 2.29. The standard InChI is InChI=1S/C23H18F3N5O4/c1-35-17-6-4-15-10-31(21(33)18(15)8-17)11-16(28-22(34)27-13-32)5-2-14-3-7-20-29-19(23(24,25)26)12-30(20)9-14/h3-4,6-9,12-13,16H,10-11H2,1H3,(H2,27,28,32,34)/t16-/m1/s1. The van der Waals surface area contributed by atoms with Gasteiger partial charge in [-0.15, -0.1) is 0 Å². The molecule has 1 aromatic carbocycles. The number of imidazole rings is 1. The molecule has 3 heterocycles. The van der Waals surface area contributed by atoms with Crippen LogP contribution < -0.4 is 15.4 Å². The minimum absolute atomic E-state index is 0.000642. The summed E-state index contributed by atoms with van der Waals surface area (Å²) in [5, 5.41) is 4.45. The lowest BCUT2D eigenvalue weighted by Gasteiger charge is -2.21. The summed E-state index contributed by atoms with van der Waals surface area (Å²) >= 11 is 0. The number of imide groups is 1. The van der Waals surface area contributed by atoms with E-state index in [9.17, 15) is 27.6 Å². The topological polar surface area (TPSA) is 105 Å². The maximum atomic E-state index is 12.9. The van der Waals surface area contributed by atoms with E-state index in [1.54, 1.807) is 18.2 Å². The zero-order valence-corrected chi connectivity index (χ0v) is 18.2. The number of alkyl halides is 3. The van der Waals surface area contributed by atoms with Crippen LogP contribution in [0.4, 0.5) is 18.0 Å². The summed E-state index contributed by atoms with van der Waals surface area (Å²) < 4.78 is 45.1. The maximum Gasteiger partial charge on any atom is 0.434 e. The molecule has 9 nitrogen and oxygen atoms in total. The number of nitrogens with zero attached hydrogens (tertiary/aromatic N) is 3. The van der Waals surface area contributed by atoms with Gasteiger partial charge < -0.3 is 19.4 Å². The second-order valence-electron chi connectivity index (χ2n) is 7.57. The molecule has 4 amide bonds. The van der Waals surface area contributed by atoms with Gasteiger partial charge >= 0.3 is 12.2 Å². The van der Waals surface area contributed by atoms with E-state index >= 15 is 0 Å². The molecular formula is C23H18F3N5O4. The van der Waals surface area contributed by atoms with Gasteiger partial charge in [0.05, 0.1) is 13.7 Å². The molecule has 180 valence electrons. The number of halogens is 3. The Morgan fingerprint density at radius 2 is 2.09 bits per heavy atom. The lowest BCUT2D eigenvalue weighted by molar-refractivity contribution is -0.140. The number of amides is 4. The Hall–Kier alpha value is -4.53. The van der Waals surface area contributed by atoms with Crippen LogP contribution in [0, 0.1) is 11.8 Å². The van der Waals surface area contributed by atoms with Gasteiger partial charge in [-0.05, 0) is 29.8 Å². The van der Waals surface area contributed by atoms with Crippen molar-refractivity contribution in [1.82, 2.24) is 24.9 Å². The first-order valence-corrected chi connectivity index (χ1v) is 10.2. The molecule has 2 N–H and O–H groups in total. The molecule has 0 saturated carbocycles. The van der Waals surface area contributed by atoms with Gasteiger partial charge in [-0.2, -0.15) is 13.2 Å². The Morgan fingerprint density at radius 1 is 1.29 bits per heavy atom. The average Bonchev–Trinajstić information content (AvgIpc) is 3.38. The number of carbonyl (C=O) groups is 3. The first-order valence-electron chi connectivity index (χ1n) is 10.2. The Labute approximate surface area is 196 Å². The average molecular weight is 485 g/mol. The van der Waals surface area contributed by atoms with Crippen molar-refractivity contribution in [2.75, 3.05) is 13.7 Å². The molecular weight excluding hydrogens is 467 g/mol. The van der Waals surface area contributed by atoms with Crippen LogP contribution in [-0.4, -0.2) is 52.3 Å². The summed E-state index contributed by atoms with van der Waals surface area (Å²) in [4.78, 5) is 40.4. The van der Waals surface area contributed by atoms with Crippen molar-refractivity contribution >= 4 is 24.0 Å². The zero-order valence-electron chi connectivity index (χ0n) is 18.2. The van der Waals surface area contributed by atoms with Gasteiger partial charge in [-0.1, -0.05) is 17.9 Å². The molecule has 2 aromatic heterocycles. The number of fused-ring (bicyclic) bond motifs is 2. The Bertz CT molecular complexity index is 1370. The van der Waals surface area contributed by atoms with Gasteiger partial charge in [-0.3, -0.25) is 14.9 Å². The van der Waals surface area contributed by atoms with E-state index in [2.05, 4.69) is 22.1 Å². The third-order valence-electron chi connectivity index (χ3n) is 5.23. The van der Waals surface area contributed by atoms with Crippen molar-refractivity contribution in [2.45, 2.75) is 18.8 Å². The molecule has 0 saturated heterocycles. The highest BCUT2D eigenvalue weighted by atomic mass is 19.4. The van der Waals surface area contributed by atoms with Gasteiger partial charge in [-0.25, -0.2) is 9.78 Å². The molecule has 1 aliphatic heterocycles. The van der Waals surface area contributed by atoms with Crippen molar-refractivity contribution in [3.63, 3.8) is 0 Å². The lowest BCUT2D eigenvalue weighted by atomic mass is 10.1. The van der Waals surface area contributed by atoms with Crippen LogP contribution in [0.1, 0.15) is 27.2 Å². The van der Waals surface area contributed by atoms with E-state index < -0.39 is 23.9 Å². The van der Waals surface area contributed by atoms with E-state index in [0.717, 1.165) is 11.8 Å². The molecule has 4 rings (SSSR count). The first-order chi connectivity index (χ1) is 16.7. The number of nitrogens with one attached hydrogen (secondary N) is 2. The maximum absolute atomic E-state index is 12.9. The highest BCUT2D eigenvalue weighted by molar-refractivity contribution is 5.98. The zero-order chi connectivity index (χ0) is 25.2. The quantitative estimate of drug-likeness (QED) is 0.426. The minimum atomic E-state index is -4.58. The van der Waals surface area contributed by atoms with Crippen LogP contribution >= 0.6 is 0 Å². The summed E-state index contributed by atoms with van der Waals surface area (Å²) in [7, 11) is 1.49. The molecule has 35 heavy (non-hydrogen) atoms. The number of carbonyl (C=O) groups excluding carboxylic acids is 3. The molecule has 0 radical (unpaired) electrons. The van der Waals surface area contributed by atoms with E-state index in [4.69, 9.17) is 4.74 Å². The predicted molar refractivity (Wildman–Crippen MR) is 116 cm³/mol. The number of aromatic nitrogens is 2. The SMILES string of the molecule is COc1ccc2c(c1)C(=O)N(C[C@@H](C#Cc1ccc3nc(C(F)(F)F)cn3c1)NC(=O)NC=O)C2. The number of hydrogen-bond acceptors (Lipinski definition) is 5. The van der Waals surface area contributed by atoms with Gasteiger partial charge in [0.1, 0.15) is 17.4 Å². The third kappa shape index (κ3) is 5.19. The molecule has 0 spiro atoms. The second-order valence-corrected chi connectivity index (χ2v) is 7.57. The van der Waals surface area contributed by atoms with Crippen molar-refractivity contribution in [2.24, 2.45) is 0 Å². The first kappa shape index (κ1) is 23.6. The van der Waals surface area contributed by atoms with Crippen LogP contribution in [0.2, 0.25) is 0 Å². The van der Waals surface area contributed by atoms with E-state index in [-0.39, 0.29) is 31.1 Å². The van der Waals surface area contributed by atoms with Crippen LogP contribution in [-0.2, 0) is 17.5 Å². The summed E-state index contributed by atoms with van der Waals surface area (Å²) in [5.74, 6) is 5.86. The molecule has 1 aliphatic rings. The molecule has 3 aromatic rings. The fourth-order valence-electron chi connectivity index (χ4n) is 3.59. The summed E-state index contributed by atoms with van der Waals surface area (Å²) in [5.41, 5.74) is 0.674. The number of hydrogen-bond donors (Lipinski definition) is 2. The van der Waals surface area contributed by atoms with E-state index in [1.807, 2.05) is 5.32 Å². The lowest BCUT2D eigenvalue weighted by Crippen LogP contribution is -2.46. The van der Waals surface area contributed by atoms with Gasteiger partial charge in [0, 0.05) is 30.1 Å². The molecule has 12 heteroatoms. The largest absolute Gasteiger partial charge is 0.497 e. The van der Waals surface area contributed by atoms with Gasteiger partial charge in [0.15, 0.2) is 5.69 Å². The normalized spacial score (nSPS) is 13.6. The molecule has 1 atom stereocenters. The molecule has 0 unspecified atom stereocenters. The number of pyridine rings is 1. The summed E-state index contributed by atoms with van der Waals surface area (Å²) in [6.45, 7) is 0.287. The Balaban J connectivity index is 1.57.